The fourth-order valence-corrected chi connectivity index (χ4v) is 2.41. The lowest BCUT2D eigenvalue weighted by Crippen LogP contribution is -2.26. The first-order chi connectivity index (χ1) is 13.6. The van der Waals surface area contributed by atoms with Gasteiger partial charge in [-0.05, 0) is 43.2 Å². The quantitative estimate of drug-likeness (QED) is 0.374. The second-order valence-electron chi connectivity index (χ2n) is 6.20. The van der Waals surface area contributed by atoms with Gasteiger partial charge in [0, 0.05) is 12.6 Å². The number of amides is 2. The normalized spacial score (nSPS) is 12.5. The molecule has 154 valence electrons. The van der Waals surface area contributed by atoms with Gasteiger partial charge in [-0.3, -0.25) is 0 Å². The molecule has 0 radical (unpaired) electrons. The summed E-state index contributed by atoms with van der Waals surface area (Å²) >= 11 is 0. The van der Waals surface area contributed by atoms with Gasteiger partial charge in [-0.2, -0.15) is 23.7 Å². The number of carbonyl (C=O) groups is 1. The maximum Gasteiger partial charge on any atom is 0.416 e. The fraction of sp³-hybridized carbons (Fsp3) is 0.263. The Balaban J connectivity index is 2.16. The number of nitrogens with zero attached hydrogens (tertiary/aromatic N) is 3. The van der Waals surface area contributed by atoms with Crippen molar-refractivity contribution in [1.29, 1.82) is 5.53 Å². The van der Waals surface area contributed by atoms with Crippen LogP contribution in [0.2, 0.25) is 0 Å². The standard InChI is InChI=1S/C19H20F3N5O2/c1-12-6-4-9-17(25-18(28)27(3)26-23)16(12)11-24-29-13(2)14-7-5-8-15(10-14)19(20,21)22/h4-11,13,23H,1-3H3,(H,25,28)/b24-11+,26-23?. The zero-order valence-corrected chi connectivity index (χ0v) is 16.0. The third kappa shape index (κ3) is 5.77. The first kappa shape index (κ1) is 21.9. The van der Waals surface area contributed by atoms with Crippen LogP contribution < -0.4 is 5.32 Å². The number of alkyl halides is 3. The van der Waals surface area contributed by atoms with E-state index in [1.165, 1.54) is 25.4 Å². The van der Waals surface area contributed by atoms with Crippen LogP contribution in [-0.4, -0.2) is 24.3 Å². The molecule has 0 heterocycles. The molecule has 0 saturated heterocycles. The molecular formula is C19H20F3N5O2. The van der Waals surface area contributed by atoms with Gasteiger partial charge in [0.05, 0.1) is 17.5 Å². The van der Waals surface area contributed by atoms with Gasteiger partial charge in [0.25, 0.3) is 0 Å². The highest BCUT2D eigenvalue weighted by Gasteiger charge is 2.30. The summed E-state index contributed by atoms with van der Waals surface area (Å²) in [4.78, 5) is 17.2. The van der Waals surface area contributed by atoms with E-state index in [4.69, 9.17) is 10.4 Å². The van der Waals surface area contributed by atoms with Gasteiger partial charge in [-0.15, -0.1) is 0 Å². The highest BCUT2D eigenvalue weighted by molar-refractivity contribution is 5.97. The zero-order valence-electron chi connectivity index (χ0n) is 16.0. The van der Waals surface area contributed by atoms with Crippen LogP contribution in [0.15, 0.2) is 52.8 Å². The van der Waals surface area contributed by atoms with E-state index in [2.05, 4.69) is 15.7 Å². The van der Waals surface area contributed by atoms with Crippen LogP contribution in [0.3, 0.4) is 0 Å². The van der Waals surface area contributed by atoms with E-state index in [1.807, 2.05) is 0 Å². The van der Waals surface area contributed by atoms with Crippen molar-refractivity contribution in [3.8, 4) is 0 Å². The molecule has 2 N–H and O–H groups in total. The average Bonchev–Trinajstić information content (AvgIpc) is 2.68. The van der Waals surface area contributed by atoms with E-state index in [0.29, 0.717) is 16.8 Å². The third-order valence-corrected chi connectivity index (χ3v) is 4.09. The van der Waals surface area contributed by atoms with Crippen molar-refractivity contribution < 1.29 is 22.8 Å². The first-order valence-electron chi connectivity index (χ1n) is 8.51. The molecule has 0 bridgehead atoms. The minimum atomic E-state index is -4.44. The highest BCUT2D eigenvalue weighted by Crippen LogP contribution is 2.31. The molecule has 7 nitrogen and oxygen atoms in total. The Morgan fingerprint density at radius 3 is 2.62 bits per heavy atom. The lowest BCUT2D eigenvalue weighted by Gasteiger charge is -2.14. The number of halogens is 3. The lowest BCUT2D eigenvalue weighted by atomic mass is 10.1. The Bertz CT molecular complexity index is 915. The predicted molar refractivity (Wildman–Crippen MR) is 102 cm³/mol. The molecule has 2 amide bonds. The van der Waals surface area contributed by atoms with E-state index in [0.717, 1.165) is 22.7 Å². The summed E-state index contributed by atoms with van der Waals surface area (Å²) in [7, 11) is 1.33. The van der Waals surface area contributed by atoms with E-state index in [9.17, 15) is 18.0 Å². The van der Waals surface area contributed by atoms with E-state index < -0.39 is 23.9 Å². The smallest absolute Gasteiger partial charge is 0.388 e. The fourth-order valence-electron chi connectivity index (χ4n) is 2.41. The Hall–Kier alpha value is -3.43. The second-order valence-corrected chi connectivity index (χ2v) is 6.20. The number of benzene rings is 2. The molecule has 0 aliphatic carbocycles. The summed E-state index contributed by atoms with van der Waals surface area (Å²) in [5.41, 5.74) is 8.19. The Morgan fingerprint density at radius 2 is 1.97 bits per heavy atom. The van der Waals surface area contributed by atoms with Gasteiger partial charge in [0.15, 0.2) is 0 Å². The number of urea groups is 1. The van der Waals surface area contributed by atoms with Crippen molar-refractivity contribution in [2.75, 3.05) is 12.4 Å². The van der Waals surface area contributed by atoms with Gasteiger partial charge in [0.1, 0.15) is 6.10 Å². The monoisotopic (exact) mass is 407 g/mol. The maximum absolute atomic E-state index is 12.9. The van der Waals surface area contributed by atoms with Crippen molar-refractivity contribution in [1.82, 2.24) is 5.01 Å². The van der Waals surface area contributed by atoms with Gasteiger partial charge in [0.2, 0.25) is 0 Å². The van der Waals surface area contributed by atoms with Crippen LogP contribution in [0.25, 0.3) is 0 Å². The number of anilines is 1. The summed E-state index contributed by atoms with van der Waals surface area (Å²) in [5, 5.41) is 10.3. The van der Waals surface area contributed by atoms with Crippen molar-refractivity contribution in [2.45, 2.75) is 26.1 Å². The molecule has 0 fully saturated rings. The van der Waals surface area contributed by atoms with Crippen molar-refractivity contribution in [3.05, 3.63) is 64.7 Å². The summed E-state index contributed by atoms with van der Waals surface area (Å²) in [6.45, 7) is 3.38. The van der Waals surface area contributed by atoms with Crippen LogP contribution in [-0.2, 0) is 11.0 Å². The first-order valence-corrected chi connectivity index (χ1v) is 8.51. The molecular weight excluding hydrogens is 387 g/mol. The highest BCUT2D eigenvalue weighted by atomic mass is 19.4. The number of nitrogens with one attached hydrogen (secondary N) is 2. The topological polar surface area (TPSA) is 90.1 Å². The van der Waals surface area contributed by atoms with Crippen molar-refractivity contribution in [2.24, 2.45) is 10.4 Å². The number of aryl methyl sites for hydroxylation is 1. The second kappa shape index (κ2) is 9.18. The molecule has 0 spiro atoms. The SMILES string of the molecule is Cc1cccc(NC(=O)N(C)N=N)c1/C=N/OC(C)c1cccc(C(F)(F)F)c1. The van der Waals surface area contributed by atoms with Gasteiger partial charge >= 0.3 is 12.2 Å². The molecule has 2 aromatic rings. The van der Waals surface area contributed by atoms with Gasteiger partial charge < -0.3 is 10.2 Å². The molecule has 29 heavy (non-hydrogen) atoms. The molecule has 0 aliphatic rings. The lowest BCUT2D eigenvalue weighted by molar-refractivity contribution is -0.137. The van der Waals surface area contributed by atoms with Gasteiger partial charge in [-0.1, -0.05) is 34.6 Å². The molecule has 1 unspecified atom stereocenters. The molecule has 0 aromatic heterocycles. The number of carbonyl (C=O) groups excluding carboxylic acids is 1. The van der Waals surface area contributed by atoms with Crippen LogP contribution in [0.4, 0.5) is 23.7 Å². The molecule has 1 atom stereocenters. The van der Waals surface area contributed by atoms with Crippen LogP contribution in [0.5, 0.6) is 0 Å². The van der Waals surface area contributed by atoms with Crippen molar-refractivity contribution >= 4 is 17.9 Å². The number of hydrogen-bond donors (Lipinski definition) is 2. The molecule has 10 heteroatoms. The number of rotatable bonds is 6. The van der Waals surface area contributed by atoms with E-state index in [1.54, 1.807) is 32.0 Å². The Labute approximate surface area is 165 Å². The largest absolute Gasteiger partial charge is 0.416 e. The Morgan fingerprint density at radius 1 is 1.28 bits per heavy atom. The van der Waals surface area contributed by atoms with E-state index in [-0.39, 0.29) is 0 Å². The molecule has 0 aliphatic heterocycles. The minimum absolute atomic E-state index is 0.328. The number of oxime groups is 1. The molecule has 2 aromatic carbocycles. The predicted octanol–water partition coefficient (Wildman–Crippen LogP) is 5.54. The summed E-state index contributed by atoms with van der Waals surface area (Å²) in [6, 6.07) is 9.39. The Kier molecular flexibility index (Phi) is 6.92. The van der Waals surface area contributed by atoms with Crippen molar-refractivity contribution in [3.63, 3.8) is 0 Å². The van der Waals surface area contributed by atoms with Gasteiger partial charge in [-0.25, -0.2) is 4.79 Å². The summed E-state index contributed by atoms with van der Waals surface area (Å²) in [5.74, 6) is 0. The summed E-state index contributed by atoms with van der Waals surface area (Å²) < 4.78 is 38.6. The van der Waals surface area contributed by atoms with Crippen LogP contribution in [0, 0.1) is 12.5 Å². The van der Waals surface area contributed by atoms with Crippen LogP contribution >= 0.6 is 0 Å². The average molecular weight is 407 g/mol. The minimum Gasteiger partial charge on any atom is -0.388 e. The van der Waals surface area contributed by atoms with E-state index >= 15 is 0 Å². The number of hydrogen-bond acceptors (Lipinski definition) is 5. The summed E-state index contributed by atoms with van der Waals surface area (Å²) in [6.07, 6.45) is -3.79. The maximum atomic E-state index is 12.9. The molecule has 2 rings (SSSR count). The van der Waals surface area contributed by atoms with Crippen LogP contribution in [0.1, 0.15) is 35.3 Å². The zero-order chi connectivity index (χ0) is 21.6. The third-order valence-electron chi connectivity index (χ3n) is 4.09. The molecule has 0 saturated carbocycles.